The van der Waals surface area contributed by atoms with Crippen LogP contribution in [0, 0.1) is 0 Å². The van der Waals surface area contributed by atoms with Crippen molar-refractivity contribution in [3.63, 3.8) is 0 Å². The summed E-state index contributed by atoms with van der Waals surface area (Å²) >= 11 is 0. The molecule has 2 aromatic rings. The molecule has 0 bridgehead atoms. The number of aromatic hydroxyl groups is 1. The molecule has 22 heavy (non-hydrogen) atoms. The fourth-order valence-corrected chi connectivity index (χ4v) is 2.64. The number of phenolic OH excluding ortho intramolecular Hbond substituents is 1. The first kappa shape index (κ1) is 16.3. The van der Waals surface area contributed by atoms with Gasteiger partial charge >= 0.3 is 0 Å². The minimum atomic E-state index is -1.10. The van der Waals surface area contributed by atoms with Gasteiger partial charge in [0.15, 0.2) is 0 Å². The highest BCUT2D eigenvalue weighted by molar-refractivity contribution is 5.52. The summed E-state index contributed by atoms with van der Waals surface area (Å²) in [4.78, 5) is 0. The number of rotatable bonds is 5. The highest BCUT2D eigenvalue weighted by Crippen LogP contribution is 2.30. The van der Waals surface area contributed by atoms with Crippen LogP contribution in [0.5, 0.6) is 5.75 Å². The van der Waals surface area contributed by atoms with Gasteiger partial charge in [0.2, 0.25) is 0 Å². The fraction of sp³-hybridized carbons (Fsp3) is 0.263. The zero-order chi connectivity index (χ0) is 16.2. The third-order valence-electron chi connectivity index (χ3n) is 3.73. The lowest BCUT2D eigenvalue weighted by Crippen LogP contribution is -2.26. The van der Waals surface area contributed by atoms with E-state index in [1.54, 1.807) is 31.2 Å². The molecule has 0 radical (unpaired) electrons. The lowest BCUT2D eigenvalue weighted by molar-refractivity contribution is 0.0552. The number of phenols is 1. The van der Waals surface area contributed by atoms with E-state index in [4.69, 9.17) is 0 Å². The van der Waals surface area contributed by atoms with E-state index in [-0.39, 0.29) is 12.4 Å². The average molecular weight is 298 g/mol. The fourth-order valence-electron chi connectivity index (χ4n) is 2.64. The van der Waals surface area contributed by atoms with Crippen molar-refractivity contribution in [3.05, 3.63) is 70.8 Å². The van der Waals surface area contributed by atoms with Crippen molar-refractivity contribution < 1.29 is 15.3 Å². The monoisotopic (exact) mass is 298 g/mol. The molecule has 3 N–H and O–H groups in total. The Hall–Kier alpha value is -2.10. The first-order valence-electron chi connectivity index (χ1n) is 7.33. The molecule has 0 aromatic heterocycles. The first-order valence-corrected chi connectivity index (χ1v) is 7.33. The van der Waals surface area contributed by atoms with E-state index in [0.29, 0.717) is 6.42 Å². The van der Waals surface area contributed by atoms with E-state index >= 15 is 0 Å². The van der Waals surface area contributed by atoms with Crippen LogP contribution in [0.4, 0.5) is 0 Å². The van der Waals surface area contributed by atoms with Crippen LogP contribution in [0.15, 0.2) is 48.5 Å². The minimum Gasteiger partial charge on any atom is -0.508 e. The molecule has 0 aliphatic rings. The van der Waals surface area contributed by atoms with E-state index in [9.17, 15) is 15.3 Å². The molecule has 0 saturated carbocycles. The number of hydrogen-bond acceptors (Lipinski definition) is 3. The van der Waals surface area contributed by atoms with E-state index < -0.39 is 5.60 Å². The van der Waals surface area contributed by atoms with Crippen LogP contribution in [0.1, 0.15) is 36.1 Å². The van der Waals surface area contributed by atoms with Gasteiger partial charge in [-0.3, -0.25) is 0 Å². The molecule has 0 spiro atoms. The summed E-state index contributed by atoms with van der Waals surface area (Å²) in [6.45, 7) is 3.57. The van der Waals surface area contributed by atoms with Crippen molar-refractivity contribution in [2.24, 2.45) is 0 Å². The van der Waals surface area contributed by atoms with Gasteiger partial charge in [0.25, 0.3) is 0 Å². The Balaban J connectivity index is 2.38. The van der Waals surface area contributed by atoms with Gasteiger partial charge in [0, 0.05) is 6.42 Å². The molecule has 2 aromatic carbocycles. The Bertz CT molecular complexity index is 655. The normalized spacial score (nSPS) is 14.2. The number of hydrogen-bond donors (Lipinski definition) is 3. The summed E-state index contributed by atoms with van der Waals surface area (Å²) < 4.78 is 0. The van der Waals surface area contributed by atoms with Crippen molar-refractivity contribution in [2.75, 3.05) is 0 Å². The topological polar surface area (TPSA) is 60.7 Å². The summed E-state index contributed by atoms with van der Waals surface area (Å²) in [5.74, 6) is 0.203. The number of aliphatic hydroxyl groups is 2. The van der Waals surface area contributed by atoms with Gasteiger partial charge in [-0.05, 0) is 54.3 Å². The average Bonchev–Trinajstić information content (AvgIpc) is 2.50. The van der Waals surface area contributed by atoms with E-state index in [1.807, 2.05) is 37.3 Å². The summed E-state index contributed by atoms with van der Waals surface area (Å²) in [5, 5.41) is 29.8. The quantitative estimate of drug-likeness (QED) is 0.793. The molecule has 3 nitrogen and oxygen atoms in total. The highest BCUT2D eigenvalue weighted by atomic mass is 16.3. The zero-order valence-corrected chi connectivity index (χ0v) is 13.0. The van der Waals surface area contributed by atoms with Gasteiger partial charge in [0.05, 0.1) is 12.2 Å². The van der Waals surface area contributed by atoms with Crippen LogP contribution in [-0.4, -0.2) is 15.3 Å². The van der Waals surface area contributed by atoms with Crippen LogP contribution >= 0.6 is 0 Å². The molecular weight excluding hydrogens is 276 g/mol. The number of aliphatic hydroxyl groups excluding tert-OH is 1. The van der Waals surface area contributed by atoms with Crippen molar-refractivity contribution >= 4 is 6.08 Å². The second kappa shape index (κ2) is 6.77. The summed E-state index contributed by atoms with van der Waals surface area (Å²) in [6.07, 6.45) is 4.30. The molecule has 1 unspecified atom stereocenters. The number of allylic oxidation sites excluding steroid dienone is 1. The zero-order valence-electron chi connectivity index (χ0n) is 13.0. The van der Waals surface area contributed by atoms with Crippen LogP contribution in [-0.2, 0) is 18.6 Å². The molecular formula is C19H22O3. The van der Waals surface area contributed by atoms with E-state index in [0.717, 1.165) is 22.3 Å². The van der Waals surface area contributed by atoms with E-state index in [2.05, 4.69) is 0 Å². The molecule has 0 aliphatic heterocycles. The smallest absolute Gasteiger partial charge is 0.115 e. The van der Waals surface area contributed by atoms with Gasteiger partial charge in [-0.15, -0.1) is 0 Å². The Morgan fingerprint density at radius 2 is 1.77 bits per heavy atom. The Morgan fingerprint density at radius 1 is 1.09 bits per heavy atom. The van der Waals surface area contributed by atoms with Crippen molar-refractivity contribution in [3.8, 4) is 5.75 Å². The maximum absolute atomic E-state index is 10.9. The second-order valence-corrected chi connectivity index (χ2v) is 5.69. The molecule has 0 amide bonds. The third-order valence-corrected chi connectivity index (χ3v) is 3.73. The van der Waals surface area contributed by atoms with Gasteiger partial charge in [-0.2, -0.15) is 0 Å². The molecule has 3 heteroatoms. The molecule has 0 saturated heterocycles. The number of benzene rings is 2. The largest absolute Gasteiger partial charge is 0.508 e. The summed E-state index contributed by atoms with van der Waals surface area (Å²) in [6, 6.07) is 12.5. The van der Waals surface area contributed by atoms with Gasteiger partial charge in [-0.25, -0.2) is 0 Å². The van der Waals surface area contributed by atoms with Gasteiger partial charge < -0.3 is 15.3 Å². The molecule has 2 rings (SSSR count). The maximum Gasteiger partial charge on any atom is 0.115 e. The summed E-state index contributed by atoms with van der Waals surface area (Å²) in [5.41, 5.74) is 2.24. The van der Waals surface area contributed by atoms with Crippen LogP contribution in [0.2, 0.25) is 0 Å². The highest BCUT2D eigenvalue weighted by Gasteiger charge is 2.26. The van der Waals surface area contributed by atoms with Gasteiger partial charge in [-0.1, -0.05) is 36.4 Å². The first-order chi connectivity index (χ1) is 10.5. The van der Waals surface area contributed by atoms with Crippen LogP contribution in [0.3, 0.4) is 0 Å². The van der Waals surface area contributed by atoms with Crippen molar-refractivity contribution in [2.45, 2.75) is 32.5 Å². The molecule has 0 fully saturated rings. The van der Waals surface area contributed by atoms with Crippen molar-refractivity contribution in [1.29, 1.82) is 0 Å². The Morgan fingerprint density at radius 3 is 2.36 bits per heavy atom. The molecule has 116 valence electrons. The predicted octanol–water partition coefficient (Wildman–Crippen LogP) is 3.37. The van der Waals surface area contributed by atoms with Crippen LogP contribution in [0.25, 0.3) is 6.08 Å². The minimum absolute atomic E-state index is 0.114. The predicted molar refractivity (Wildman–Crippen MR) is 88.5 cm³/mol. The lowest BCUT2D eigenvalue weighted by Gasteiger charge is -2.27. The lowest BCUT2D eigenvalue weighted by atomic mass is 9.85. The maximum atomic E-state index is 10.9. The molecule has 1 atom stereocenters. The SMILES string of the molecule is CC=Cc1ccc(CO)c(C(C)(O)Cc2ccc(O)cc2)c1. The molecule has 0 aliphatic carbocycles. The van der Waals surface area contributed by atoms with Crippen molar-refractivity contribution in [1.82, 2.24) is 0 Å². The van der Waals surface area contributed by atoms with Gasteiger partial charge in [0.1, 0.15) is 5.75 Å². The van der Waals surface area contributed by atoms with E-state index in [1.165, 1.54) is 0 Å². The molecule has 0 heterocycles. The summed E-state index contributed by atoms with van der Waals surface area (Å²) in [7, 11) is 0. The standard InChI is InChI=1S/C19H22O3/c1-3-4-14-5-8-16(13-20)18(11-14)19(2,22)12-15-6-9-17(21)10-7-15/h3-11,20-22H,12-13H2,1-2H3. The third kappa shape index (κ3) is 3.75. The Kier molecular flexibility index (Phi) is 5.01. The van der Waals surface area contributed by atoms with Crippen LogP contribution < -0.4 is 0 Å². The second-order valence-electron chi connectivity index (χ2n) is 5.69. The Labute approximate surface area is 131 Å².